The summed E-state index contributed by atoms with van der Waals surface area (Å²) in [5, 5.41) is 0.828. The Hall–Kier alpha value is -2.40. The van der Waals surface area contributed by atoms with Crippen LogP contribution < -0.4 is 5.63 Å². The van der Waals surface area contributed by atoms with E-state index in [9.17, 15) is 9.59 Å². The molecule has 1 heterocycles. The molecule has 0 aliphatic heterocycles. The fraction of sp³-hybridized carbons (Fsp3) is 0.273. The second kappa shape index (κ2) is 7.69. The van der Waals surface area contributed by atoms with E-state index in [-0.39, 0.29) is 12.1 Å². The molecule has 5 heteroatoms. The number of ether oxygens (including phenoxy) is 1. The van der Waals surface area contributed by atoms with Crippen molar-refractivity contribution in [2.45, 2.75) is 38.2 Å². The van der Waals surface area contributed by atoms with Crippen LogP contribution in [0.25, 0.3) is 22.1 Å². The van der Waals surface area contributed by atoms with Gasteiger partial charge in [0.1, 0.15) is 11.7 Å². The number of rotatable bonds is 3. The number of carbonyl (C=O) groups excluding carboxylic acids is 1. The van der Waals surface area contributed by atoms with Crippen LogP contribution in [0.3, 0.4) is 0 Å². The van der Waals surface area contributed by atoms with E-state index in [0.717, 1.165) is 35.5 Å². The number of halogens is 1. The van der Waals surface area contributed by atoms with Crippen molar-refractivity contribution >= 4 is 32.9 Å². The molecule has 1 aliphatic rings. The van der Waals surface area contributed by atoms with Crippen molar-refractivity contribution in [3.8, 4) is 11.1 Å². The second-order valence-electron chi connectivity index (χ2n) is 6.85. The average molecular weight is 427 g/mol. The number of para-hydroxylation sites is 1. The molecule has 0 spiro atoms. The van der Waals surface area contributed by atoms with E-state index in [2.05, 4.69) is 15.9 Å². The van der Waals surface area contributed by atoms with Crippen LogP contribution in [0.4, 0.5) is 0 Å². The third-order valence-corrected chi connectivity index (χ3v) is 5.65. The van der Waals surface area contributed by atoms with E-state index in [0.29, 0.717) is 22.3 Å². The van der Waals surface area contributed by atoms with E-state index in [1.54, 1.807) is 30.3 Å². The summed E-state index contributed by atoms with van der Waals surface area (Å²) in [5.74, 6) is -0.346. The Balaban J connectivity index is 1.69. The third-order valence-electron chi connectivity index (χ3n) is 4.96. The van der Waals surface area contributed by atoms with Gasteiger partial charge < -0.3 is 9.15 Å². The van der Waals surface area contributed by atoms with Gasteiger partial charge in [-0.15, -0.1) is 0 Å². The molecule has 27 heavy (non-hydrogen) atoms. The molecule has 1 fully saturated rings. The van der Waals surface area contributed by atoms with Crippen molar-refractivity contribution in [1.82, 2.24) is 0 Å². The van der Waals surface area contributed by atoms with Gasteiger partial charge in [-0.25, -0.2) is 9.59 Å². The number of fused-ring (bicyclic) bond motifs is 1. The first-order chi connectivity index (χ1) is 13.1. The molecule has 0 bridgehead atoms. The normalized spacial score (nSPS) is 15.0. The highest BCUT2D eigenvalue weighted by molar-refractivity contribution is 9.10. The molecule has 4 nitrogen and oxygen atoms in total. The number of hydrogen-bond donors (Lipinski definition) is 0. The summed E-state index contributed by atoms with van der Waals surface area (Å²) in [6.45, 7) is 0. The zero-order valence-corrected chi connectivity index (χ0v) is 16.3. The van der Waals surface area contributed by atoms with Crippen LogP contribution >= 0.6 is 15.9 Å². The van der Waals surface area contributed by atoms with E-state index < -0.39 is 5.63 Å². The van der Waals surface area contributed by atoms with Crippen molar-refractivity contribution in [3.05, 3.63) is 69.0 Å². The Bertz CT molecular complexity index is 1050. The molecule has 1 aliphatic carbocycles. The Labute approximate surface area is 165 Å². The summed E-state index contributed by atoms with van der Waals surface area (Å²) in [7, 11) is 0. The first kappa shape index (κ1) is 18.0. The summed E-state index contributed by atoms with van der Waals surface area (Å²) in [6.07, 6.45) is 5.23. The van der Waals surface area contributed by atoms with Crippen molar-refractivity contribution < 1.29 is 13.9 Å². The van der Waals surface area contributed by atoms with E-state index >= 15 is 0 Å². The Morgan fingerprint density at radius 3 is 2.59 bits per heavy atom. The molecule has 0 radical (unpaired) electrons. The average Bonchev–Trinajstić information content (AvgIpc) is 2.69. The Morgan fingerprint density at radius 2 is 1.78 bits per heavy atom. The maximum absolute atomic E-state index is 12.6. The largest absolute Gasteiger partial charge is 0.459 e. The number of esters is 1. The third kappa shape index (κ3) is 3.83. The highest BCUT2D eigenvalue weighted by Gasteiger charge is 2.20. The van der Waals surface area contributed by atoms with Gasteiger partial charge in [-0.3, -0.25) is 0 Å². The molecular formula is C22H19BrO4. The van der Waals surface area contributed by atoms with Gasteiger partial charge in [0.25, 0.3) is 0 Å². The summed E-state index contributed by atoms with van der Waals surface area (Å²) in [5.41, 5.74) is 1.56. The van der Waals surface area contributed by atoms with Gasteiger partial charge in [-0.1, -0.05) is 40.5 Å². The van der Waals surface area contributed by atoms with Crippen molar-refractivity contribution in [1.29, 1.82) is 0 Å². The van der Waals surface area contributed by atoms with E-state index in [4.69, 9.17) is 9.15 Å². The predicted molar refractivity (Wildman–Crippen MR) is 108 cm³/mol. The fourth-order valence-corrected chi connectivity index (χ4v) is 3.97. The Kier molecular flexibility index (Phi) is 5.12. The number of hydrogen-bond acceptors (Lipinski definition) is 4. The van der Waals surface area contributed by atoms with E-state index in [1.807, 2.05) is 18.2 Å². The summed E-state index contributed by atoms with van der Waals surface area (Å²) < 4.78 is 11.8. The minimum atomic E-state index is -0.438. The molecule has 0 unspecified atom stereocenters. The van der Waals surface area contributed by atoms with Crippen molar-refractivity contribution in [2.75, 3.05) is 0 Å². The lowest BCUT2D eigenvalue weighted by molar-refractivity contribution is 0.0211. The van der Waals surface area contributed by atoms with Gasteiger partial charge in [0.05, 0.1) is 11.1 Å². The molecule has 4 rings (SSSR count). The molecule has 1 saturated carbocycles. The van der Waals surface area contributed by atoms with Crippen LogP contribution in [-0.2, 0) is 4.74 Å². The smallest absolute Gasteiger partial charge is 0.344 e. The Morgan fingerprint density at radius 1 is 1.00 bits per heavy atom. The second-order valence-corrected chi connectivity index (χ2v) is 7.70. The quantitative estimate of drug-likeness (QED) is 0.397. The van der Waals surface area contributed by atoms with Gasteiger partial charge in [0, 0.05) is 15.4 Å². The van der Waals surface area contributed by atoms with Crippen LogP contribution in [0.2, 0.25) is 0 Å². The zero-order valence-electron chi connectivity index (χ0n) is 14.7. The van der Waals surface area contributed by atoms with Gasteiger partial charge in [-0.05, 0) is 56.0 Å². The maximum Gasteiger partial charge on any atom is 0.344 e. The highest BCUT2D eigenvalue weighted by atomic mass is 79.9. The molecular weight excluding hydrogens is 408 g/mol. The summed E-state index contributed by atoms with van der Waals surface area (Å²) >= 11 is 3.48. The number of benzene rings is 2. The molecule has 0 saturated heterocycles. The van der Waals surface area contributed by atoms with Crippen LogP contribution in [0.5, 0.6) is 0 Å². The maximum atomic E-state index is 12.6. The molecule has 0 N–H and O–H groups in total. The summed E-state index contributed by atoms with van der Waals surface area (Å²) in [4.78, 5) is 25.0. The zero-order chi connectivity index (χ0) is 18.8. The predicted octanol–water partition coefficient (Wildman–Crippen LogP) is 5.71. The standard InChI is InChI=1S/C22H19BrO4/c23-19-11-10-15(21(24)26-16-7-2-1-3-8-16)13-17(19)18-12-14-6-4-5-9-20(14)27-22(18)25/h4-6,9-13,16H,1-3,7-8H2. The fourth-order valence-electron chi connectivity index (χ4n) is 3.51. The minimum absolute atomic E-state index is 0.0101. The molecule has 138 valence electrons. The van der Waals surface area contributed by atoms with Crippen LogP contribution in [0.1, 0.15) is 42.5 Å². The lowest BCUT2D eigenvalue weighted by atomic mass is 9.97. The lowest BCUT2D eigenvalue weighted by Gasteiger charge is -2.22. The molecule has 2 aromatic carbocycles. The van der Waals surface area contributed by atoms with Gasteiger partial charge in [0.2, 0.25) is 0 Å². The molecule has 3 aromatic rings. The summed E-state index contributed by atoms with van der Waals surface area (Å²) in [6, 6.07) is 14.3. The SMILES string of the molecule is O=C(OC1CCCCC1)c1ccc(Br)c(-c2cc3ccccc3oc2=O)c1. The molecule has 0 atom stereocenters. The van der Waals surface area contributed by atoms with E-state index in [1.165, 1.54) is 6.42 Å². The van der Waals surface area contributed by atoms with Crippen LogP contribution in [0.15, 0.2) is 62.2 Å². The monoisotopic (exact) mass is 426 g/mol. The van der Waals surface area contributed by atoms with Gasteiger partial charge in [-0.2, -0.15) is 0 Å². The highest BCUT2D eigenvalue weighted by Crippen LogP contribution is 2.30. The molecule has 1 aromatic heterocycles. The first-order valence-electron chi connectivity index (χ1n) is 9.15. The topological polar surface area (TPSA) is 56.5 Å². The lowest BCUT2D eigenvalue weighted by Crippen LogP contribution is -2.21. The van der Waals surface area contributed by atoms with Crippen molar-refractivity contribution in [3.63, 3.8) is 0 Å². The number of carbonyl (C=O) groups is 1. The van der Waals surface area contributed by atoms with Gasteiger partial charge in [0.15, 0.2) is 0 Å². The van der Waals surface area contributed by atoms with Crippen LogP contribution in [-0.4, -0.2) is 12.1 Å². The molecule has 0 amide bonds. The van der Waals surface area contributed by atoms with Crippen molar-refractivity contribution in [2.24, 2.45) is 0 Å². The van der Waals surface area contributed by atoms with Gasteiger partial charge >= 0.3 is 11.6 Å². The minimum Gasteiger partial charge on any atom is -0.459 e. The first-order valence-corrected chi connectivity index (χ1v) is 9.95. The van der Waals surface area contributed by atoms with Crippen LogP contribution in [0, 0.1) is 0 Å².